The Balaban J connectivity index is 1.50. The van der Waals surface area contributed by atoms with Crippen LogP contribution in [0, 0.1) is 0 Å². The van der Waals surface area contributed by atoms with Crippen LogP contribution in [0.2, 0.25) is 0 Å². The van der Waals surface area contributed by atoms with Gasteiger partial charge in [-0.15, -0.1) is 11.3 Å². The smallest absolute Gasteiger partial charge is 0.355 e. The van der Waals surface area contributed by atoms with Gasteiger partial charge in [0.1, 0.15) is 18.1 Å². The molecule has 28 heavy (non-hydrogen) atoms. The molecule has 0 bridgehead atoms. The lowest BCUT2D eigenvalue weighted by Crippen LogP contribution is -2.38. The average molecular weight is 423 g/mol. The van der Waals surface area contributed by atoms with Crippen molar-refractivity contribution in [2.24, 2.45) is 0 Å². The second kappa shape index (κ2) is 9.79. The molecule has 1 aromatic heterocycles. The molecular weight excluding hydrogens is 400 g/mol. The normalized spacial score (nSPS) is 16.4. The zero-order chi connectivity index (χ0) is 19.9. The molecule has 0 radical (unpaired) electrons. The number of likely N-dealkylation sites (tertiary alicyclic amines) is 1. The first-order valence-corrected chi connectivity index (χ1v) is 10.9. The van der Waals surface area contributed by atoms with Crippen molar-refractivity contribution in [1.29, 1.82) is 0 Å². The van der Waals surface area contributed by atoms with Gasteiger partial charge in [0.25, 0.3) is 0 Å². The largest absolute Gasteiger partial charge is 0.494 e. The van der Waals surface area contributed by atoms with E-state index < -0.39 is 5.97 Å². The minimum Gasteiger partial charge on any atom is -0.494 e. The average Bonchev–Trinajstić information content (AvgIpc) is 3.29. The molecule has 0 spiro atoms. The van der Waals surface area contributed by atoms with Crippen molar-refractivity contribution in [3.8, 4) is 11.5 Å². The molecule has 2 heterocycles. The lowest BCUT2D eigenvalue weighted by atomic mass is 10.2. The maximum absolute atomic E-state index is 12.2. The van der Waals surface area contributed by atoms with Crippen LogP contribution in [0.5, 0.6) is 11.5 Å². The number of amides is 1. The van der Waals surface area contributed by atoms with Gasteiger partial charge in [-0.25, -0.2) is 9.78 Å². The Bertz CT molecular complexity index is 826. The van der Waals surface area contributed by atoms with E-state index in [1.807, 2.05) is 36.1 Å². The first-order chi connectivity index (χ1) is 13.6. The van der Waals surface area contributed by atoms with Gasteiger partial charge in [0.15, 0.2) is 10.0 Å². The summed E-state index contributed by atoms with van der Waals surface area (Å²) in [4.78, 5) is 29.0. The minimum absolute atomic E-state index is 0.0368. The standard InChI is InChI=1S/C19H22N2O5S2/c1-2-25-14-4-3-5-15(10-14)26-11-13-6-7-17(22)21(13)8-9-27-19-20-16(12-28-19)18(23)24/h3-5,10,12-13H,2,6-9,11H2,1H3,(H,23,24). The molecule has 2 aromatic rings. The van der Waals surface area contributed by atoms with E-state index >= 15 is 0 Å². The van der Waals surface area contributed by atoms with E-state index in [1.165, 1.54) is 28.5 Å². The molecule has 1 fully saturated rings. The van der Waals surface area contributed by atoms with E-state index in [4.69, 9.17) is 14.6 Å². The Labute approximate surface area is 171 Å². The summed E-state index contributed by atoms with van der Waals surface area (Å²) < 4.78 is 12.1. The number of rotatable bonds is 10. The highest BCUT2D eigenvalue weighted by molar-refractivity contribution is 8.01. The Kier molecular flexibility index (Phi) is 7.16. The molecule has 3 rings (SSSR count). The molecule has 9 heteroatoms. The fraction of sp³-hybridized carbons (Fsp3) is 0.421. The first-order valence-electron chi connectivity index (χ1n) is 9.03. The zero-order valence-electron chi connectivity index (χ0n) is 15.5. The van der Waals surface area contributed by atoms with Gasteiger partial charge >= 0.3 is 5.97 Å². The summed E-state index contributed by atoms with van der Waals surface area (Å²) in [5.74, 6) is 1.25. The van der Waals surface area contributed by atoms with Crippen LogP contribution in [0.1, 0.15) is 30.3 Å². The number of nitrogens with zero attached hydrogens (tertiary/aromatic N) is 2. The quantitative estimate of drug-likeness (QED) is 0.587. The number of benzene rings is 1. The lowest BCUT2D eigenvalue weighted by Gasteiger charge is -2.24. The molecule has 1 aliphatic heterocycles. The number of carbonyl (C=O) groups excluding carboxylic acids is 1. The summed E-state index contributed by atoms with van der Waals surface area (Å²) in [6.45, 7) is 3.55. The number of thiazole rings is 1. The molecule has 0 aliphatic carbocycles. The van der Waals surface area contributed by atoms with Crippen LogP contribution in [-0.4, -0.2) is 58.4 Å². The predicted molar refractivity (Wildman–Crippen MR) is 108 cm³/mol. The molecule has 0 saturated carbocycles. The zero-order valence-corrected chi connectivity index (χ0v) is 17.1. The number of carboxylic acid groups (broad SMARTS) is 1. The number of hydrogen-bond donors (Lipinski definition) is 1. The molecule has 1 amide bonds. The maximum atomic E-state index is 12.2. The van der Waals surface area contributed by atoms with Crippen LogP contribution in [0.25, 0.3) is 0 Å². The SMILES string of the molecule is CCOc1cccc(OCC2CCC(=O)N2CCSc2nc(C(=O)O)cs2)c1. The van der Waals surface area contributed by atoms with Crippen LogP contribution >= 0.6 is 23.1 Å². The number of aromatic nitrogens is 1. The van der Waals surface area contributed by atoms with Gasteiger partial charge < -0.3 is 19.5 Å². The molecule has 1 N–H and O–H groups in total. The van der Waals surface area contributed by atoms with Crippen molar-refractivity contribution in [2.75, 3.05) is 25.5 Å². The van der Waals surface area contributed by atoms with Crippen molar-refractivity contribution >= 4 is 35.0 Å². The van der Waals surface area contributed by atoms with E-state index in [0.717, 1.165) is 17.9 Å². The summed E-state index contributed by atoms with van der Waals surface area (Å²) >= 11 is 2.77. The van der Waals surface area contributed by atoms with Gasteiger partial charge in [-0.1, -0.05) is 17.8 Å². The van der Waals surface area contributed by atoms with E-state index in [2.05, 4.69) is 4.98 Å². The highest BCUT2D eigenvalue weighted by Crippen LogP contribution is 2.26. The molecule has 1 saturated heterocycles. The van der Waals surface area contributed by atoms with E-state index in [-0.39, 0.29) is 17.6 Å². The second-order valence-corrected chi connectivity index (χ2v) is 8.35. The monoisotopic (exact) mass is 422 g/mol. The fourth-order valence-corrected chi connectivity index (χ4v) is 4.75. The van der Waals surface area contributed by atoms with Gasteiger partial charge in [-0.2, -0.15) is 0 Å². The van der Waals surface area contributed by atoms with Gasteiger partial charge in [0.2, 0.25) is 5.91 Å². The topological polar surface area (TPSA) is 89.0 Å². The Morgan fingerprint density at radius 1 is 1.39 bits per heavy atom. The first kappa shape index (κ1) is 20.5. The third-order valence-corrected chi connectivity index (χ3v) is 6.27. The van der Waals surface area contributed by atoms with Crippen molar-refractivity contribution in [2.45, 2.75) is 30.1 Å². The fourth-order valence-electron chi connectivity index (χ4n) is 2.94. The van der Waals surface area contributed by atoms with Gasteiger partial charge in [-0.3, -0.25) is 4.79 Å². The van der Waals surface area contributed by atoms with Crippen LogP contribution in [-0.2, 0) is 4.79 Å². The lowest BCUT2D eigenvalue weighted by molar-refractivity contribution is -0.129. The number of aromatic carboxylic acids is 1. The van der Waals surface area contributed by atoms with Gasteiger partial charge in [0, 0.05) is 30.2 Å². The number of carbonyl (C=O) groups is 2. The molecule has 1 aromatic carbocycles. The molecule has 150 valence electrons. The van der Waals surface area contributed by atoms with Crippen LogP contribution in [0.4, 0.5) is 0 Å². The second-order valence-electron chi connectivity index (χ2n) is 6.15. The molecule has 1 unspecified atom stereocenters. The minimum atomic E-state index is -1.02. The summed E-state index contributed by atoms with van der Waals surface area (Å²) in [7, 11) is 0. The third-order valence-electron chi connectivity index (χ3n) is 4.27. The molecule has 1 aliphatic rings. The number of thioether (sulfide) groups is 1. The van der Waals surface area contributed by atoms with Crippen LogP contribution < -0.4 is 9.47 Å². The van der Waals surface area contributed by atoms with Gasteiger partial charge in [-0.05, 0) is 25.5 Å². The number of hydrogen-bond acceptors (Lipinski definition) is 7. The predicted octanol–water partition coefficient (Wildman–Crippen LogP) is 3.40. The Morgan fingerprint density at radius 3 is 2.89 bits per heavy atom. The van der Waals surface area contributed by atoms with E-state index in [9.17, 15) is 9.59 Å². The summed E-state index contributed by atoms with van der Waals surface area (Å²) in [6.07, 6.45) is 1.30. The highest BCUT2D eigenvalue weighted by Gasteiger charge is 2.31. The Morgan fingerprint density at radius 2 is 2.18 bits per heavy atom. The van der Waals surface area contributed by atoms with Crippen molar-refractivity contribution in [3.05, 3.63) is 35.3 Å². The summed E-state index contributed by atoms with van der Waals surface area (Å²) in [5, 5.41) is 10.5. The number of carboxylic acids is 1. The van der Waals surface area contributed by atoms with E-state index in [0.29, 0.717) is 36.3 Å². The van der Waals surface area contributed by atoms with Gasteiger partial charge in [0.05, 0.1) is 12.6 Å². The van der Waals surface area contributed by atoms with Crippen molar-refractivity contribution in [3.63, 3.8) is 0 Å². The summed E-state index contributed by atoms with van der Waals surface area (Å²) in [5.41, 5.74) is 0.0605. The third kappa shape index (κ3) is 5.39. The number of ether oxygens (including phenoxy) is 2. The highest BCUT2D eigenvalue weighted by atomic mass is 32.2. The molecule has 1 atom stereocenters. The van der Waals surface area contributed by atoms with Crippen LogP contribution in [0.15, 0.2) is 34.0 Å². The molecular formula is C19H22N2O5S2. The van der Waals surface area contributed by atoms with Crippen molar-refractivity contribution < 1.29 is 24.2 Å². The molecule has 7 nitrogen and oxygen atoms in total. The van der Waals surface area contributed by atoms with Crippen LogP contribution in [0.3, 0.4) is 0 Å². The maximum Gasteiger partial charge on any atom is 0.355 e. The summed E-state index contributed by atoms with van der Waals surface area (Å²) in [6, 6.07) is 7.53. The van der Waals surface area contributed by atoms with Crippen molar-refractivity contribution in [1.82, 2.24) is 9.88 Å². The van der Waals surface area contributed by atoms with E-state index in [1.54, 1.807) is 0 Å². The Hall–Kier alpha value is -2.26.